The average Bonchev–Trinajstić information content (AvgIpc) is 2.69. The van der Waals surface area contributed by atoms with E-state index in [0.717, 1.165) is 31.1 Å². The highest BCUT2D eigenvalue weighted by Gasteiger charge is 2.31. The first-order chi connectivity index (χ1) is 7.07. The van der Waals surface area contributed by atoms with Crippen LogP contribution in [-0.4, -0.2) is 13.1 Å². The molecule has 0 saturated carbocycles. The number of nitrogens with one attached hydrogen (secondary N) is 1. The number of hydrogen-bond donors (Lipinski definition) is 1. The molecule has 1 nitrogen and oxygen atoms in total. The summed E-state index contributed by atoms with van der Waals surface area (Å²) in [7, 11) is 0. The van der Waals surface area contributed by atoms with Crippen LogP contribution in [0, 0.1) is 0 Å². The minimum Gasteiger partial charge on any atom is -0.316 e. The van der Waals surface area contributed by atoms with Crippen molar-refractivity contribution < 1.29 is 13.2 Å². The van der Waals surface area contributed by atoms with Gasteiger partial charge in [-0.1, -0.05) is 18.2 Å². The van der Waals surface area contributed by atoms with Gasteiger partial charge in [-0.25, -0.2) is 0 Å². The number of rotatable bonds is 1. The Balaban J connectivity index is 0.00000128. The van der Waals surface area contributed by atoms with Gasteiger partial charge in [0.25, 0.3) is 0 Å². The Morgan fingerprint density at radius 1 is 1.25 bits per heavy atom. The van der Waals surface area contributed by atoms with Crippen LogP contribution < -0.4 is 5.32 Å². The van der Waals surface area contributed by atoms with Crippen molar-refractivity contribution in [1.29, 1.82) is 0 Å². The second kappa shape index (κ2) is 5.06. The van der Waals surface area contributed by atoms with Gasteiger partial charge in [0.15, 0.2) is 0 Å². The molecule has 90 valence electrons. The quantitative estimate of drug-likeness (QED) is 0.808. The van der Waals surface area contributed by atoms with Crippen molar-refractivity contribution in [2.24, 2.45) is 0 Å². The molecule has 1 aliphatic heterocycles. The topological polar surface area (TPSA) is 12.0 Å². The highest BCUT2D eigenvalue weighted by atomic mass is 35.5. The third-order valence-electron chi connectivity index (χ3n) is 2.75. The first-order valence-corrected chi connectivity index (χ1v) is 4.95. The lowest BCUT2D eigenvalue weighted by molar-refractivity contribution is -0.137. The fourth-order valence-corrected chi connectivity index (χ4v) is 1.91. The Morgan fingerprint density at radius 3 is 2.56 bits per heavy atom. The lowest BCUT2D eigenvalue weighted by Crippen LogP contribution is -2.09. The number of halogens is 4. The first kappa shape index (κ1) is 13.3. The molecule has 0 radical (unpaired) electrons. The lowest BCUT2D eigenvalue weighted by Gasteiger charge is -2.12. The molecule has 0 unspecified atom stereocenters. The van der Waals surface area contributed by atoms with Crippen LogP contribution in [0.1, 0.15) is 23.5 Å². The van der Waals surface area contributed by atoms with Gasteiger partial charge in [0.05, 0.1) is 5.56 Å². The van der Waals surface area contributed by atoms with E-state index in [1.54, 1.807) is 6.07 Å². The molecule has 1 N–H and O–H groups in total. The molecule has 1 aromatic rings. The molecule has 1 aromatic carbocycles. The van der Waals surface area contributed by atoms with Crippen molar-refractivity contribution in [2.75, 3.05) is 13.1 Å². The molecule has 1 saturated heterocycles. The molecule has 2 rings (SSSR count). The van der Waals surface area contributed by atoms with Crippen LogP contribution in [0.5, 0.6) is 0 Å². The Labute approximate surface area is 98.4 Å². The summed E-state index contributed by atoms with van der Waals surface area (Å²) in [6.45, 7) is 1.67. The molecule has 0 bridgehead atoms. The molecule has 16 heavy (non-hydrogen) atoms. The third-order valence-corrected chi connectivity index (χ3v) is 2.75. The fraction of sp³-hybridized carbons (Fsp3) is 0.455. The summed E-state index contributed by atoms with van der Waals surface area (Å²) < 4.78 is 37.3. The van der Waals surface area contributed by atoms with E-state index < -0.39 is 11.7 Å². The standard InChI is InChI=1S/C11H12F3N.ClH/c12-11(13,14)10-3-1-2-8(6-10)9-4-5-15-7-9;/h1-3,6,9,15H,4-5,7H2;1H/t9-;/m1./s1. The monoisotopic (exact) mass is 251 g/mol. The minimum atomic E-state index is -4.23. The van der Waals surface area contributed by atoms with Gasteiger partial charge in [0.2, 0.25) is 0 Å². The van der Waals surface area contributed by atoms with Crippen LogP contribution >= 0.6 is 12.4 Å². The molecule has 0 aromatic heterocycles. The normalized spacial score (nSPS) is 20.6. The highest BCUT2D eigenvalue weighted by molar-refractivity contribution is 5.85. The molecule has 1 heterocycles. The van der Waals surface area contributed by atoms with Gasteiger partial charge in [-0.2, -0.15) is 13.2 Å². The average molecular weight is 252 g/mol. The van der Waals surface area contributed by atoms with Crippen LogP contribution in [0.4, 0.5) is 13.2 Å². The maximum atomic E-state index is 12.4. The van der Waals surface area contributed by atoms with Crippen molar-refractivity contribution in [2.45, 2.75) is 18.5 Å². The van der Waals surface area contributed by atoms with Crippen molar-refractivity contribution in [3.63, 3.8) is 0 Å². The largest absolute Gasteiger partial charge is 0.416 e. The Morgan fingerprint density at radius 2 is 2.00 bits per heavy atom. The summed E-state index contributed by atoms with van der Waals surface area (Å²) in [5.41, 5.74) is 0.238. The van der Waals surface area contributed by atoms with Gasteiger partial charge in [-0.15, -0.1) is 12.4 Å². The van der Waals surface area contributed by atoms with E-state index in [1.807, 2.05) is 0 Å². The van der Waals surface area contributed by atoms with Gasteiger partial charge in [-0.3, -0.25) is 0 Å². The lowest BCUT2D eigenvalue weighted by atomic mass is 9.96. The van der Waals surface area contributed by atoms with Gasteiger partial charge in [0.1, 0.15) is 0 Å². The highest BCUT2D eigenvalue weighted by Crippen LogP contribution is 2.32. The van der Waals surface area contributed by atoms with E-state index in [-0.39, 0.29) is 18.3 Å². The van der Waals surface area contributed by atoms with Gasteiger partial charge in [-0.05, 0) is 30.5 Å². The molecule has 1 fully saturated rings. The predicted octanol–water partition coefficient (Wildman–Crippen LogP) is 3.20. The second-order valence-electron chi connectivity index (χ2n) is 3.81. The minimum absolute atomic E-state index is 0. The van der Waals surface area contributed by atoms with Crippen LogP contribution in [0.25, 0.3) is 0 Å². The van der Waals surface area contributed by atoms with Crippen molar-refractivity contribution >= 4 is 12.4 Å². The van der Waals surface area contributed by atoms with Crippen molar-refractivity contribution in [3.8, 4) is 0 Å². The zero-order chi connectivity index (χ0) is 10.9. The van der Waals surface area contributed by atoms with Crippen molar-refractivity contribution in [1.82, 2.24) is 5.32 Å². The summed E-state index contributed by atoms with van der Waals surface area (Å²) in [6.07, 6.45) is -3.32. The molecule has 1 atom stereocenters. The number of hydrogen-bond acceptors (Lipinski definition) is 1. The number of alkyl halides is 3. The van der Waals surface area contributed by atoms with Gasteiger partial charge in [0, 0.05) is 6.54 Å². The predicted molar refractivity (Wildman–Crippen MR) is 58.9 cm³/mol. The van der Waals surface area contributed by atoms with E-state index >= 15 is 0 Å². The summed E-state index contributed by atoms with van der Waals surface area (Å²) in [5.74, 6) is 0.229. The molecule has 0 amide bonds. The maximum absolute atomic E-state index is 12.4. The second-order valence-corrected chi connectivity index (χ2v) is 3.81. The summed E-state index contributed by atoms with van der Waals surface area (Å²) in [5, 5.41) is 3.15. The number of benzene rings is 1. The van der Waals surface area contributed by atoms with Gasteiger partial charge >= 0.3 is 6.18 Å². The van der Waals surface area contributed by atoms with Crippen LogP contribution in [0.2, 0.25) is 0 Å². The SMILES string of the molecule is Cl.FC(F)(F)c1cccc([C@@H]2CCNC2)c1. The maximum Gasteiger partial charge on any atom is 0.416 e. The zero-order valence-corrected chi connectivity index (χ0v) is 9.37. The smallest absolute Gasteiger partial charge is 0.316 e. The van der Waals surface area contributed by atoms with Crippen LogP contribution in [0.15, 0.2) is 24.3 Å². The summed E-state index contributed by atoms with van der Waals surface area (Å²) in [6, 6.07) is 5.63. The Bertz CT molecular complexity index is 345. The molecule has 0 aliphatic carbocycles. The molecule has 1 aliphatic rings. The summed E-state index contributed by atoms with van der Waals surface area (Å²) in [4.78, 5) is 0. The summed E-state index contributed by atoms with van der Waals surface area (Å²) >= 11 is 0. The molecular weight excluding hydrogens is 239 g/mol. The van der Waals surface area contributed by atoms with Crippen molar-refractivity contribution in [3.05, 3.63) is 35.4 Å². The van der Waals surface area contributed by atoms with Crippen LogP contribution in [-0.2, 0) is 6.18 Å². The van der Waals surface area contributed by atoms with Crippen LogP contribution in [0.3, 0.4) is 0 Å². The van der Waals surface area contributed by atoms with E-state index in [9.17, 15) is 13.2 Å². The zero-order valence-electron chi connectivity index (χ0n) is 8.55. The fourth-order valence-electron chi connectivity index (χ4n) is 1.91. The van der Waals surface area contributed by atoms with E-state index in [2.05, 4.69) is 5.32 Å². The van der Waals surface area contributed by atoms with E-state index in [1.165, 1.54) is 12.1 Å². The molecular formula is C11H13ClF3N. The van der Waals surface area contributed by atoms with Gasteiger partial charge < -0.3 is 5.32 Å². The first-order valence-electron chi connectivity index (χ1n) is 4.95. The molecule has 5 heteroatoms. The Hall–Kier alpha value is -0.740. The van der Waals surface area contributed by atoms with E-state index in [4.69, 9.17) is 0 Å². The third kappa shape index (κ3) is 2.89. The van der Waals surface area contributed by atoms with E-state index in [0.29, 0.717) is 0 Å². The molecule has 0 spiro atoms. The Kier molecular flexibility index (Phi) is 4.21.